The average Bonchev–Trinajstić information content (AvgIpc) is 2.48. The Labute approximate surface area is 148 Å². The van der Waals surface area contributed by atoms with E-state index < -0.39 is 23.4 Å². The van der Waals surface area contributed by atoms with Gasteiger partial charge in [0.05, 0.1) is 11.0 Å². The van der Waals surface area contributed by atoms with Gasteiger partial charge in [-0.25, -0.2) is 0 Å². The van der Waals surface area contributed by atoms with Gasteiger partial charge in [-0.2, -0.15) is 0 Å². The minimum absolute atomic E-state index is 0.454. The molecule has 1 aliphatic heterocycles. The molecule has 0 bridgehead atoms. The van der Waals surface area contributed by atoms with Gasteiger partial charge in [0.2, 0.25) is 6.41 Å². The molecule has 1 saturated heterocycles. The third kappa shape index (κ3) is 4.93. The second-order valence-corrected chi connectivity index (χ2v) is 7.92. The molecule has 1 aromatic rings. The van der Waals surface area contributed by atoms with Crippen molar-refractivity contribution in [2.75, 3.05) is 13.1 Å². The number of aliphatic hydroxyl groups is 1. The van der Waals surface area contributed by atoms with Crippen molar-refractivity contribution in [2.24, 2.45) is 5.41 Å². The third-order valence-corrected chi connectivity index (χ3v) is 4.69. The Hall–Kier alpha value is -1.14. The molecular weight excluding hydrogens is 330 g/mol. The number of halogens is 1. The average molecular weight is 356 g/mol. The fraction of sp³-hybridized carbons (Fsp3) is 0.611. The summed E-state index contributed by atoms with van der Waals surface area (Å²) in [7, 11) is 0. The number of carbonyl (C=O) groups is 1. The van der Waals surface area contributed by atoms with E-state index in [1.165, 1.54) is 0 Å². The van der Waals surface area contributed by atoms with Gasteiger partial charge in [-0.1, -0.05) is 23.7 Å². The second-order valence-electron chi connectivity index (χ2n) is 7.48. The molecule has 0 aromatic heterocycles. The molecular formula is C18H26ClNO4. The SMILES string of the molecule is CC(C)(C)OC(O)N1CCC(Cc2ccc(Cl)cc2)(C(=O)O)CC1. The van der Waals surface area contributed by atoms with Crippen LogP contribution in [0.25, 0.3) is 0 Å². The van der Waals surface area contributed by atoms with Gasteiger partial charge in [-0.05, 0) is 57.7 Å². The molecule has 2 rings (SSSR count). The Morgan fingerprint density at radius 1 is 1.29 bits per heavy atom. The minimum atomic E-state index is -1.01. The number of nitrogens with zero attached hydrogens (tertiary/aromatic N) is 1. The van der Waals surface area contributed by atoms with E-state index in [1.807, 2.05) is 32.9 Å². The molecule has 1 aliphatic rings. The number of aliphatic hydroxyl groups excluding tert-OH is 1. The highest BCUT2D eigenvalue weighted by Gasteiger charge is 2.43. The van der Waals surface area contributed by atoms with Crippen LogP contribution >= 0.6 is 11.6 Å². The van der Waals surface area contributed by atoms with Crippen LogP contribution in [0.3, 0.4) is 0 Å². The number of hydrogen-bond acceptors (Lipinski definition) is 4. The van der Waals surface area contributed by atoms with Crippen LogP contribution in [-0.4, -0.2) is 46.2 Å². The fourth-order valence-corrected chi connectivity index (χ4v) is 3.15. The highest BCUT2D eigenvalue weighted by Crippen LogP contribution is 2.36. The molecule has 1 unspecified atom stereocenters. The largest absolute Gasteiger partial charge is 0.481 e. The lowest BCUT2D eigenvalue weighted by atomic mass is 9.74. The van der Waals surface area contributed by atoms with Gasteiger partial charge >= 0.3 is 5.97 Å². The van der Waals surface area contributed by atoms with Gasteiger partial charge in [-0.3, -0.25) is 9.69 Å². The summed E-state index contributed by atoms with van der Waals surface area (Å²) in [5.74, 6) is -0.789. The van der Waals surface area contributed by atoms with Crippen molar-refractivity contribution in [3.63, 3.8) is 0 Å². The molecule has 0 saturated carbocycles. The number of hydrogen-bond donors (Lipinski definition) is 2. The number of likely N-dealkylation sites (tertiary alicyclic amines) is 1. The molecule has 134 valence electrons. The van der Waals surface area contributed by atoms with Gasteiger partial charge in [-0.15, -0.1) is 0 Å². The third-order valence-electron chi connectivity index (χ3n) is 4.44. The first-order chi connectivity index (χ1) is 11.1. The lowest BCUT2D eigenvalue weighted by Gasteiger charge is -2.41. The van der Waals surface area contributed by atoms with E-state index >= 15 is 0 Å². The van der Waals surface area contributed by atoms with Crippen molar-refractivity contribution in [2.45, 2.75) is 52.0 Å². The van der Waals surface area contributed by atoms with Crippen LogP contribution in [-0.2, 0) is 16.0 Å². The molecule has 1 heterocycles. The number of carboxylic acid groups (broad SMARTS) is 1. The van der Waals surface area contributed by atoms with E-state index in [9.17, 15) is 15.0 Å². The molecule has 1 aromatic carbocycles. The Morgan fingerprint density at radius 3 is 2.29 bits per heavy atom. The van der Waals surface area contributed by atoms with Crippen molar-refractivity contribution in [3.8, 4) is 0 Å². The number of aliphatic carboxylic acids is 1. The predicted octanol–water partition coefficient (Wildman–Crippen LogP) is 3.14. The number of rotatable bonds is 5. The van der Waals surface area contributed by atoms with Crippen molar-refractivity contribution in [3.05, 3.63) is 34.9 Å². The maximum absolute atomic E-state index is 11.9. The normalized spacial score (nSPS) is 19.9. The maximum atomic E-state index is 11.9. The molecule has 2 N–H and O–H groups in total. The molecule has 6 heteroatoms. The van der Waals surface area contributed by atoms with Gasteiger partial charge in [0.1, 0.15) is 0 Å². The second kappa shape index (κ2) is 7.40. The predicted molar refractivity (Wildman–Crippen MR) is 92.9 cm³/mol. The zero-order valence-corrected chi connectivity index (χ0v) is 15.2. The lowest BCUT2D eigenvalue weighted by molar-refractivity contribution is -0.246. The van der Waals surface area contributed by atoms with E-state index in [2.05, 4.69) is 0 Å². The minimum Gasteiger partial charge on any atom is -0.481 e. The highest BCUT2D eigenvalue weighted by atomic mass is 35.5. The van der Waals surface area contributed by atoms with Gasteiger partial charge in [0.25, 0.3) is 0 Å². The van der Waals surface area contributed by atoms with Crippen LogP contribution in [0.4, 0.5) is 0 Å². The summed E-state index contributed by atoms with van der Waals surface area (Å²) in [5.41, 5.74) is -0.308. The number of carboxylic acids is 1. The molecule has 1 atom stereocenters. The lowest BCUT2D eigenvalue weighted by Crippen LogP contribution is -2.51. The molecule has 0 aliphatic carbocycles. The zero-order valence-electron chi connectivity index (χ0n) is 14.5. The summed E-state index contributed by atoms with van der Waals surface area (Å²) in [4.78, 5) is 13.7. The van der Waals surface area contributed by atoms with Crippen LogP contribution in [0, 0.1) is 5.41 Å². The topological polar surface area (TPSA) is 70.0 Å². The van der Waals surface area contributed by atoms with E-state index in [0.717, 1.165) is 5.56 Å². The van der Waals surface area contributed by atoms with Gasteiger partial charge < -0.3 is 14.9 Å². The molecule has 24 heavy (non-hydrogen) atoms. The van der Waals surface area contributed by atoms with Crippen molar-refractivity contribution >= 4 is 17.6 Å². The van der Waals surface area contributed by atoms with Crippen LogP contribution in [0.15, 0.2) is 24.3 Å². The molecule has 5 nitrogen and oxygen atoms in total. The van der Waals surface area contributed by atoms with E-state index in [0.29, 0.717) is 37.4 Å². The number of ether oxygens (including phenoxy) is 1. The van der Waals surface area contributed by atoms with Crippen molar-refractivity contribution in [1.29, 1.82) is 0 Å². The van der Waals surface area contributed by atoms with Crippen molar-refractivity contribution < 1.29 is 19.7 Å². The first kappa shape index (κ1) is 19.2. The number of benzene rings is 1. The summed E-state index contributed by atoms with van der Waals surface area (Å²) in [6, 6.07) is 7.30. The number of piperidine rings is 1. The van der Waals surface area contributed by atoms with E-state index in [1.54, 1.807) is 17.0 Å². The summed E-state index contributed by atoms with van der Waals surface area (Å²) < 4.78 is 5.56. The quantitative estimate of drug-likeness (QED) is 0.794. The van der Waals surface area contributed by atoms with Gasteiger partial charge in [0.15, 0.2) is 0 Å². The fourth-order valence-electron chi connectivity index (χ4n) is 3.02. The molecule has 1 fully saturated rings. The first-order valence-corrected chi connectivity index (χ1v) is 8.57. The summed E-state index contributed by atoms with van der Waals surface area (Å²) in [6.07, 6.45) is 0.390. The van der Waals surface area contributed by atoms with Crippen LogP contribution in [0.1, 0.15) is 39.2 Å². The van der Waals surface area contributed by atoms with E-state index in [-0.39, 0.29) is 0 Å². The zero-order chi connectivity index (χ0) is 18.0. The Balaban J connectivity index is 2.03. The Morgan fingerprint density at radius 2 is 1.83 bits per heavy atom. The van der Waals surface area contributed by atoms with Crippen molar-refractivity contribution in [1.82, 2.24) is 4.90 Å². The van der Waals surface area contributed by atoms with Crippen LogP contribution in [0.2, 0.25) is 5.02 Å². The summed E-state index contributed by atoms with van der Waals surface area (Å²) in [6.45, 7) is 6.60. The molecule has 0 amide bonds. The monoisotopic (exact) mass is 355 g/mol. The standard InChI is InChI=1S/C18H26ClNO4/c1-17(2,3)24-16(23)20-10-8-18(9-11-20,15(21)22)12-13-4-6-14(19)7-5-13/h4-7,16,23H,8-12H2,1-3H3,(H,21,22). The highest BCUT2D eigenvalue weighted by molar-refractivity contribution is 6.30. The van der Waals surface area contributed by atoms with Gasteiger partial charge in [0, 0.05) is 18.1 Å². The molecule has 0 spiro atoms. The van der Waals surface area contributed by atoms with Crippen LogP contribution < -0.4 is 0 Å². The van der Waals surface area contributed by atoms with E-state index in [4.69, 9.17) is 16.3 Å². The Kier molecular flexibility index (Phi) is 5.91. The first-order valence-electron chi connectivity index (χ1n) is 8.19. The maximum Gasteiger partial charge on any atom is 0.310 e. The summed E-state index contributed by atoms with van der Waals surface area (Å²) in [5, 5.41) is 20.6. The smallest absolute Gasteiger partial charge is 0.310 e. The summed E-state index contributed by atoms with van der Waals surface area (Å²) >= 11 is 5.89. The Bertz CT molecular complexity index is 559. The molecule has 0 radical (unpaired) electrons. The van der Waals surface area contributed by atoms with Crippen LogP contribution in [0.5, 0.6) is 0 Å².